The Morgan fingerprint density at radius 3 is 3.27 bits per heavy atom. The van der Waals surface area contributed by atoms with Gasteiger partial charge in [0.05, 0.1) is 12.8 Å². The molecule has 2 unspecified atom stereocenters. The van der Waals surface area contributed by atoms with Gasteiger partial charge in [0.2, 0.25) is 0 Å². The van der Waals surface area contributed by atoms with E-state index in [1.807, 2.05) is 6.92 Å². The Kier molecular flexibility index (Phi) is 2.96. The van der Waals surface area contributed by atoms with Crippen LogP contribution in [0.1, 0.15) is 23.8 Å². The maximum Gasteiger partial charge on any atom is 0.273 e. The quantitative estimate of drug-likeness (QED) is 0.733. The standard InChI is InChI=1S/C9H14N4O2/c1-6(7-2-3-15-5-7)11-9(14)8-4-10-13-12-8/h4,6-7H,2-3,5H2,1H3,(H,11,14)(H,10,12,13). The lowest BCUT2D eigenvalue weighted by Crippen LogP contribution is -2.38. The first-order chi connectivity index (χ1) is 7.27. The van der Waals surface area contributed by atoms with E-state index < -0.39 is 0 Å². The molecule has 6 nitrogen and oxygen atoms in total. The van der Waals surface area contributed by atoms with Crippen molar-refractivity contribution >= 4 is 5.91 Å². The summed E-state index contributed by atoms with van der Waals surface area (Å²) in [6.07, 6.45) is 2.41. The van der Waals surface area contributed by atoms with E-state index in [2.05, 4.69) is 20.7 Å². The van der Waals surface area contributed by atoms with E-state index in [9.17, 15) is 4.79 Å². The Bertz CT molecular complexity index is 319. The molecule has 0 aromatic carbocycles. The number of ether oxygens (including phenoxy) is 1. The fourth-order valence-corrected chi connectivity index (χ4v) is 1.66. The summed E-state index contributed by atoms with van der Waals surface area (Å²) in [5.74, 6) is 0.212. The highest BCUT2D eigenvalue weighted by Gasteiger charge is 2.24. The van der Waals surface area contributed by atoms with E-state index in [4.69, 9.17) is 4.74 Å². The fraction of sp³-hybridized carbons (Fsp3) is 0.667. The van der Waals surface area contributed by atoms with Crippen LogP contribution in [0.2, 0.25) is 0 Å². The van der Waals surface area contributed by atoms with Crippen molar-refractivity contribution in [3.63, 3.8) is 0 Å². The Labute approximate surface area is 87.4 Å². The summed E-state index contributed by atoms with van der Waals surface area (Å²) in [4.78, 5) is 11.6. The lowest BCUT2D eigenvalue weighted by Gasteiger charge is -2.18. The maximum absolute atomic E-state index is 11.6. The summed E-state index contributed by atoms with van der Waals surface area (Å²) < 4.78 is 5.27. The van der Waals surface area contributed by atoms with Crippen molar-refractivity contribution in [1.29, 1.82) is 0 Å². The number of nitrogens with zero attached hydrogens (tertiary/aromatic N) is 2. The normalized spacial score (nSPS) is 22.6. The molecule has 2 rings (SSSR count). The van der Waals surface area contributed by atoms with E-state index in [-0.39, 0.29) is 11.9 Å². The average Bonchev–Trinajstić information content (AvgIpc) is 2.91. The molecule has 1 aromatic rings. The topological polar surface area (TPSA) is 79.9 Å². The van der Waals surface area contributed by atoms with Gasteiger partial charge in [-0.1, -0.05) is 0 Å². The molecule has 15 heavy (non-hydrogen) atoms. The number of rotatable bonds is 3. The molecule has 0 aliphatic carbocycles. The molecule has 1 aromatic heterocycles. The van der Waals surface area contributed by atoms with Gasteiger partial charge in [0.1, 0.15) is 0 Å². The first kappa shape index (κ1) is 10.1. The molecule has 1 aliphatic heterocycles. The third kappa shape index (κ3) is 2.33. The van der Waals surface area contributed by atoms with Crippen molar-refractivity contribution in [2.24, 2.45) is 5.92 Å². The number of hydrogen-bond donors (Lipinski definition) is 2. The molecule has 2 atom stereocenters. The van der Waals surface area contributed by atoms with Crippen LogP contribution < -0.4 is 5.32 Å². The molecule has 0 bridgehead atoms. The zero-order valence-electron chi connectivity index (χ0n) is 8.56. The average molecular weight is 210 g/mol. The van der Waals surface area contributed by atoms with Gasteiger partial charge in [0, 0.05) is 18.6 Å². The Morgan fingerprint density at radius 2 is 2.67 bits per heavy atom. The molecular formula is C9H14N4O2. The van der Waals surface area contributed by atoms with Gasteiger partial charge in [0.25, 0.3) is 5.91 Å². The van der Waals surface area contributed by atoms with Crippen LogP contribution in [0.25, 0.3) is 0 Å². The Hall–Kier alpha value is -1.43. The second kappa shape index (κ2) is 4.39. The number of hydrogen-bond acceptors (Lipinski definition) is 4. The third-order valence-corrected chi connectivity index (χ3v) is 2.68. The van der Waals surface area contributed by atoms with Gasteiger partial charge >= 0.3 is 0 Å². The fourth-order valence-electron chi connectivity index (χ4n) is 1.66. The highest BCUT2D eigenvalue weighted by Crippen LogP contribution is 2.16. The summed E-state index contributed by atoms with van der Waals surface area (Å²) in [5, 5.41) is 12.6. The minimum Gasteiger partial charge on any atom is -0.381 e. The van der Waals surface area contributed by atoms with Crippen molar-refractivity contribution in [2.45, 2.75) is 19.4 Å². The SMILES string of the molecule is CC(NC(=O)c1cn[nH]n1)C1CCOC1. The second-order valence-electron chi connectivity index (χ2n) is 3.74. The summed E-state index contributed by atoms with van der Waals surface area (Å²) in [6, 6.07) is 0.108. The van der Waals surface area contributed by atoms with Crippen molar-refractivity contribution in [3.05, 3.63) is 11.9 Å². The zero-order chi connectivity index (χ0) is 10.7. The predicted octanol–water partition coefficient (Wildman–Crippen LogP) is -0.0405. The molecule has 0 saturated carbocycles. The summed E-state index contributed by atoms with van der Waals surface area (Å²) >= 11 is 0. The predicted molar refractivity (Wildman–Crippen MR) is 52.2 cm³/mol. The summed E-state index contributed by atoms with van der Waals surface area (Å²) in [7, 11) is 0. The van der Waals surface area contributed by atoms with Crippen molar-refractivity contribution < 1.29 is 9.53 Å². The zero-order valence-corrected chi connectivity index (χ0v) is 8.56. The number of carbonyl (C=O) groups excluding carboxylic acids is 1. The van der Waals surface area contributed by atoms with Crippen LogP contribution in [0.4, 0.5) is 0 Å². The van der Waals surface area contributed by atoms with Crippen LogP contribution >= 0.6 is 0 Å². The highest BCUT2D eigenvalue weighted by molar-refractivity contribution is 5.91. The molecule has 6 heteroatoms. The summed E-state index contributed by atoms with van der Waals surface area (Å²) in [6.45, 7) is 3.49. The van der Waals surface area contributed by atoms with E-state index in [1.165, 1.54) is 6.20 Å². The van der Waals surface area contributed by atoms with E-state index in [1.54, 1.807) is 0 Å². The smallest absolute Gasteiger partial charge is 0.273 e. The van der Waals surface area contributed by atoms with Gasteiger partial charge in [-0.3, -0.25) is 4.79 Å². The van der Waals surface area contributed by atoms with Gasteiger partial charge < -0.3 is 10.1 Å². The van der Waals surface area contributed by atoms with E-state index in [0.29, 0.717) is 11.6 Å². The maximum atomic E-state index is 11.6. The molecule has 2 N–H and O–H groups in total. The van der Waals surface area contributed by atoms with Crippen LogP contribution in [-0.4, -0.2) is 40.6 Å². The van der Waals surface area contributed by atoms with Crippen molar-refractivity contribution in [3.8, 4) is 0 Å². The molecular weight excluding hydrogens is 196 g/mol. The number of amides is 1. The largest absolute Gasteiger partial charge is 0.381 e. The number of nitrogens with one attached hydrogen (secondary N) is 2. The van der Waals surface area contributed by atoms with Gasteiger partial charge in [-0.05, 0) is 13.3 Å². The second-order valence-corrected chi connectivity index (χ2v) is 3.74. The molecule has 1 aliphatic rings. The Morgan fingerprint density at radius 1 is 1.80 bits per heavy atom. The van der Waals surface area contributed by atoms with E-state index >= 15 is 0 Å². The molecule has 2 heterocycles. The third-order valence-electron chi connectivity index (χ3n) is 2.68. The molecule has 1 amide bonds. The summed E-state index contributed by atoms with van der Waals surface area (Å²) in [5.41, 5.74) is 0.320. The van der Waals surface area contributed by atoms with Crippen LogP contribution in [0, 0.1) is 5.92 Å². The van der Waals surface area contributed by atoms with Crippen LogP contribution in [-0.2, 0) is 4.74 Å². The van der Waals surface area contributed by atoms with Gasteiger partial charge in [0.15, 0.2) is 5.69 Å². The van der Waals surface area contributed by atoms with Crippen molar-refractivity contribution in [1.82, 2.24) is 20.7 Å². The molecule has 82 valence electrons. The lowest BCUT2D eigenvalue weighted by atomic mass is 10.0. The number of aromatic amines is 1. The molecule has 1 saturated heterocycles. The number of carbonyl (C=O) groups is 1. The Balaban J connectivity index is 1.88. The van der Waals surface area contributed by atoms with Crippen LogP contribution in [0.5, 0.6) is 0 Å². The minimum absolute atomic E-state index is 0.108. The number of H-pyrrole nitrogens is 1. The number of aromatic nitrogens is 3. The molecule has 0 spiro atoms. The monoisotopic (exact) mass is 210 g/mol. The molecule has 1 fully saturated rings. The van der Waals surface area contributed by atoms with Gasteiger partial charge in [-0.2, -0.15) is 15.4 Å². The van der Waals surface area contributed by atoms with Crippen molar-refractivity contribution in [2.75, 3.05) is 13.2 Å². The minimum atomic E-state index is -0.192. The van der Waals surface area contributed by atoms with Gasteiger partial charge in [-0.25, -0.2) is 0 Å². The van der Waals surface area contributed by atoms with Gasteiger partial charge in [-0.15, -0.1) is 0 Å². The van der Waals surface area contributed by atoms with Crippen LogP contribution in [0.15, 0.2) is 6.20 Å². The first-order valence-corrected chi connectivity index (χ1v) is 5.02. The van der Waals surface area contributed by atoms with E-state index in [0.717, 1.165) is 19.6 Å². The first-order valence-electron chi connectivity index (χ1n) is 5.02. The van der Waals surface area contributed by atoms with Crippen LogP contribution in [0.3, 0.4) is 0 Å². The lowest BCUT2D eigenvalue weighted by molar-refractivity contribution is 0.0917. The highest BCUT2D eigenvalue weighted by atomic mass is 16.5. The molecule has 0 radical (unpaired) electrons.